The third-order valence-electron chi connectivity index (χ3n) is 6.24. The summed E-state index contributed by atoms with van der Waals surface area (Å²) < 4.78 is 2.32. The van der Waals surface area contributed by atoms with E-state index >= 15 is 0 Å². The molecule has 0 spiro atoms. The van der Waals surface area contributed by atoms with E-state index in [2.05, 4.69) is 16.5 Å². The van der Waals surface area contributed by atoms with Crippen molar-refractivity contribution < 1.29 is 4.79 Å². The zero-order valence-corrected chi connectivity index (χ0v) is 18.2. The predicted octanol–water partition coefficient (Wildman–Crippen LogP) is 5.69. The number of hydrogen-bond donors (Lipinski definition) is 0. The summed E-state index contributed by atoms with van der Waals surface area (Å²) in [7, 11) is 0. The molecule has 4 rings (SSSR count). The molecule has 0 N–H and O–H groups in total. The van der Waals surface area contributed by atoms with Gasteiger partial charge in [-0.3, -0.25) is 4.79 Å². The Morgan fingerprint density at radius 1 is 1.13 bits per heavy atom. The van der Waals surface area contributed by atoms with Crippen LogP contribution in [-0.2, 0) is 6.54 Å². The number of aromatic nitrogens is 3. The Labute approximate surface area is 179 Å². The van der Waals surface area contributed by atoms with Crippen LogP contribution in [0.1, 0.15) is 79.7 Å². The lowest BCUT2D eigenvalue weighted by atomic mass is 10.1. The average molecular weight is 405 g/mol. The largest absolute Gasteiger partial charge is 0.331 e. The Morgan fingerprint density at radius 2 is 1.93 bits per heavy atom. The molecule has 0 radical (unpaired) electrons. The van der Waals surface area contributed by atoms with Crippen LogP contribution < -0.4 is 0 Å². The molecule has 3 aromatic rings. The molecule has 0 saturated heterocycles. The Hall–Kier alpha value is -2.69. The fraction of sp³-hybridized carbons (Fsp3) is 0.480. The summed E-state index contributed by atoms with van der Waals surface area (Å²) in [5, 5.41) is 0. The summed E-state index contributed by atoms with van der Waals surface area (Å²) in [5.74, 6) is 1.07. The van der Waals surface area contributed by atoms with Crippen molar-refractivity contribution in [3.05, 3.63) is 59.5 Å². The van der Waals surface area contributed by atoms with Crippen molar-refractivity contribution in [3.8, 4) is 0 Å². The van der Waals surface area contributed by atoms with E-state index in [1.165, 1.54) is 12.8 Å². The van der Waals surface area contributed by atoms with Crippen LogP contribution in [0.4, 0.5) is 0 Å². The summed E-state index contributed by atoms with van der Waals surface area (Å²) in [6.07, 6.45) is 9.94. The molecular formula is C25H32N4O. The molecule has 1 saturated carbocycles. The smallest absolute Gasteiger partial charge is 0.254 e. The second-order valence-corrected chi connectivity index (χ2v) is 8.43. The SMILES string of the molecule is CCCCCN(Cc1nc2cccnc2n1C1CCCC1)C(=O)c1ccccc1C. The molecule has 0 aliphatic heterocycles. The first kappa shape index (κ1) is 20.6. The van der Waals surface area contributed by atoms with Gasteiger partial charge in [0, 0.05) is 24.3 Å². The average Bonchev–Trinajstić information content (AvgIpc) is 3.40. The van der Waals surface area contributed by atoms with Crippen LogP contribution in [0.25, 0.3) is 11.2 Å². The molecule has 1 aliphatic carbocycles. The van der Waals surface area contributed by atoms with E-state index in [0.29, 0.717) is 12.6 Å². The van der Waals surface area contributed by atoms with Crippen molar-refractivity contribution in [1.29, 1.82) is 0 Å². The highest BCUT2D eigenvalue weighted by Gasteiger charge is 2.26. The quantitative estimate of drug-likeness (QED) is 0.453. The van der Waals surface area contributed by atoms with Gasteiger partial charge in [-0.2, -0.15) is 0 Å². The maximum absolute atomic E-state index is 13.5. The van der Waals surface area contributed by atoms with Crippen molar-refractivity contribution in [1.82, 2.24) is 19.4 Å². The zero-order chi connectivity index (χ0) is 20.9. The van der Waals surface area contributed by atoms with E-state index in [1.54, 1.807) is 0 Å². The number of aryl methyl sites for hydroxylation is 1. The highest BCUT2D eigenvalue weighted by atomic mass is 16.2. The zero-order valence-electron chi connectivity index (χ0n) is 18.2. The minimum Gasteiger partial charge on any atom is -0.331 e. The van der Waals surface area contributed by atoms with E-state index in [1.807, 2.05) is 54.4 Å². The van der Waals surface area contributed by atoms with Crippen molar-refractivity contribution >= 4 is 17.1 Å². The Morgan fingerprint density at radius 3 is 2.70 bits per heavy atom. The Bertz CT molecular complexity index is 1000. The number of hydrogen-bond acceptors (Lipinski definition) is 3. The molecule has 0 unspecified atom stereocenters. The van der Waals surface area contributed by atoms with E-state index in [-0.39, 0.29) is 5.91 Å². The van der Waals surface area contributed by atoms with E-state index in [0.717, 1.165) is 66.8 Å². The Kier molecular flexibility index (Phi) is 6.46. The molecule has 0 atom stereocenters. The number of amides is 1. The number of benzene rings is 1. The number of imidazole rings is 1. The van der Waals surface area contributed by atoms with E-state index in [4.69, 9.17) is 4.98 Å². The highest BCUT2D eigenvalue weighted by molar-refractivity contribution is 5.95. The predicted molar refractivity (Wildman–Crippen MR) is 120 cm³/mol. The fourth-order valence-electron chi connectivity index (χ4n) is 4.59. The van der Waals surface area contributed by atoms with Gasteiger partial charge in [-0.25, -0.2) is 9.97 Å². The molecule has 1 aliphatic rings. The van der Waals surface area contributed by atoms with E-state index in [9.17, 15) is 4.79 Å². The third-order valence-corrected chi connectivity index (χ3v) is 6.24. The van der Waals surface area contributed by atoms with Gasteiger partial charge in [0.05, 0.1) is 6.54 Å². The van der Waals surface area contributed by atoms with Gasteiger partial charge >= 0.3 is 0 Å². The standard InChI is InChI=1S/C25H32N4O/c1-3-4-9-17-28(25(30)21-14-8-5-11-19(21)2)18-23-27-22-15-10-16-26-24(22)29(23)20-12-6-7-13-20/h5,8,10-11,14-16,20H,3-4,6-7,9,12-13,17-18H2,1-2H3. The third kappa shape index (κ3) is 4.25. The van der Waals surface area contributed by atoms with Gasteiger partial charge < -0.3 is 9.47 Å². The number of carbonyl (C=O) groups excluding carboxylic acids is 1. The maximum atomic E-state index is 13.5. The first-order valence-corrected chi connectivity index (χ1v) is 11.4. The lowest BCUT2D eigenvalue weighted by Gasteiger charge is -2.25. The van der Waals surface area contributed by atoms with Gasteiger partial charge in [0.1, 0.15) is 11.3 Å². The monoisotopic (exact) mass is 404 g/mol. The molecule has 0 bridgehead atoms. The number of pyridine rings is 1. The Balaban J connectivity index is 1.68. The van der Waals surface area contributed by atoms with Crippen LogP contribution in [0.15, 0.2) is 42.6 Å². The summed E-state index contributed by atoms with van der Waals surface area (Å²) >= 11 is 0. The van der Waals surface area contributed by atoms with Crippen LogP contribution in [0.2, 0.25) is 0 Å². The van der Waals surface area contributed by atoms with Gasteiger partial charge in [-0.1, -0.05) is 50.8 Å². The minimum atomic E-state index is 0.0993. The molecule has 158 valence electrons. The number of carbonyl (C=O) groups is 1. The lowest BCUT2D eigenvalue weighted by Crippen LogP contribution is -2.33. The van der Waals surface area contributed by atoms with Crippen LogP contribution >= 0.6 is 0 Å². The molecule has 1 aromatic carbocycles. The first-order chi connectivity index (χ1) is 14.7. The number of rotatable bonds is 8. The van der Waals surface area contributed by atoms with Crippen LogP contribution in [-0.4, -0.2) is 31.9 Å². The summed E-state index contributed by atoms with van der Waals surface area (Å²) in [5.41, 5.74) is 3.69. The molecule has 1 amide bonds. The van der Waals surface area contributed by atoms with Gasteiger partial charge in [0.25, 0.3) is 5.91 Å². The molecule has 30 heavy (non-hydrogen) atoms. The van der Waals surface area contributed by atoms with Crippen molar-refractivity contribution in [2.24, 2.45) is 0 Å². The molecule has 1 fully saturated rings. The molecule has 2 aromatic heterocycles. The summed E-state index contributed by atoms with van der Waals surface area (Å²) in [6.45, 7) is 5.49. The van der Waals surface area contributed by atoms with Gasteiger partial charge in [0.2, 0.25) is 0 Å². The second kappa shape index (κ2) is 9.41. The van der Waals surface area contributed by atoms with E-state index < -0.39 is 0 Å². The van der Waals surface area contributed by atoms with Crippen molar-refractivity contribution in [2.75, 3.05) is 6.54 Å². The molecule has 5 nitrogen and oxygen atoms in total. The maximum Gasteiger partial charge on any atom is 0.254 e. The summed E-state index contributed by atoms with van der Waals surface area (Å²) in [4.78, 5) is 25.0. The van der Waals surface area contributed by atoms with Crippen molar-refractivity contribution in [3.63, 3.8) is 0 Å². The number of unbranched alkanes of at least 4 members (excludes halogenated alkanes) is 2. The van der Waals surface area contributed by atoms with Crippen LogP contribution in [0, 0.1) is 6.92 Å². The lowest BCUT2D eigenvalue weighted by molar-refractivity contribution is 0.0732. The molecular weight excluding hydrogens is 372 g/mol. The molecule has 5 heteroatoms. The van der Waals surface area contributed by atoms with Crippen LogP contribution in [0.3, 0.4) is 0 Å². The van der Waals surface area contributed by atoms with Gasteiger partial charge in [-0.15, -0.1) is 0 Å². The first-order valence-electron chi connectivity index (χ1n) is 11.4. The van der Waals surface area contributed by atoms with Gasteiger partial charge in [0.15, 0.2) is 5.65 Å². The molecule has 2 heterocycles. The summed E-state index contributed by atoms with van der Waals surface area (Å²) in [6, 6.07) is 12.3. The fourth-order valence-corrected chi connectivity index (χ4v) is 4.59. The topological polar surface area (TPSA) is 51.0 Å². The van der Waals surface area contributed by atoms with Crippen LogP contribution in [0.5, 0.6) is 0 Å². The van der Waals surface area contributed by atoms with Gasteiger partial charge in [-0.05, 0) is 49.9 Å². The second-order valence-electron chi connectivity index (χ2n) is 8.43. The number of fused-ring (bicyclic) bond motifs is 1. The number of nitrogens with zero attached hydrogens (tertiary/aromatic N) is 4. The minimum absolute atomic E-state index is 0.0993. The normalized spacial score (nSPS) is 14.5. The van der Waals surface area contributed by atoms with Crippen molar-refractivity contribution in [2.45, 2.75) is 71.4 Å². The highest BCUT2D eigenvalue weighted by Crippen LogP contribution is 2.33.